The van der Waals surface area contributed by atoms with E-state index in [1.54, 1.807) is 17.9 Å². The first-order valence-electron chi connectivity index (χ1n) is 5.99. The summed E-state index contributed by atoms with van der Waals surface area (Å²) < 4.78 is 0. The summed E-state index contributed by atoms with van der Waals surface area (Å²) in [7, 11) is 0. The summed E-state index contributed by atoms with van der Waals surface area (Å²) >= 11 is 0. The number of carbonyl (C=O) groups is 1. The molecule has 1 atom stereocenters. The van der Waals surface area contributed by atoms with E-state index in [2.05, 4.69) is 10.2 Å². The van der Waals surface area contributed by atoms with Crippen molar-refractivity contribution in [1.29, 1.82) is 0 Å². The van der Waals surface area contributed by atoms with Gasteiger partial charge < -0.3 is 10.0 Å². The summed E-state index contributed by atoms with van der Waals surface area (Å²) in [6.45, 7) is 7.84. The second-order valence-corrected chi connectivity index (χ2v) is 4.53. The molecule has 5 nitrogen and oxygen atoms in total. The Labute approximate surface area is 102 Å². The van der Waals surface area contributed by atoms with Gasteiger partial charge in [0.15, 0.2) is 0 Å². The number of aromatic amines is 1. The average Bonchev–Trinajstić information content (AvgIpc) is 2.72. The Morgan fingerprint density at radius 3 is 2.59 bits per heavy atom. The van der Waals surface area contributed by atoms with Gasteiger partial charge in [0.05, 0.1) is 6.10 Å². The maximum atomic E-state index is 12.2. The van der Waals surface area contributed by atoms with Gasteiger partial charge in [-0.2, -0.15) is 5.10 Å². The molecule has 0 fully saturated rings. The Hall–Kier alpha value is -1.36. The summed E-state index contributed by atoms with van der Waals surface area (Å²) in [5.74, 6) is -0.142. The van der Waals surface area contributed by atoms with E-state index in [1.807, 2.05) is 20.8 Å². The molecule has 0 aliphatic rings. The van der Waals surface area contributed by atoms with Gasteiger partial charge in [0.2, 0.25) is 0 Å². The predicted molar refractivity (Wildman–Crippen MR) is 65.8 cm³/mol. The van der Waals surface area contributed by atoms with Gasteiger partial charge in [0, 0.05) is 18.3 Å². The fraction of sp³-hybridized carbons (Fsp3) is 0.667. The summed E-state index contributed by atoms with van der Waals surface area (Å²) in [5.41, 5.74) is 1.35. The smallest absolute Gasteiger partial charge is 0.274 e. The third-order valence-corrected chi connectivity index (χ3v) is 2.58. The van der Waals surface area contributed by atoms with E-state index in [9.17, 15) is 9.90 Å². The molecule has 0 spiro atoms. The number of aromatic nitrogens is 2. The van der Waals surface area contributed by atoms with Crippen LogP contribution in [0.1, 0.15) is 43.9 Å². The second-order valence-electron chi connectivity index (χ2n) is 4.53. The largest absolute Gasteiger partial charge is 0.392 e. The second kappa shape index (κ2) is 5.82. The lowest BCUT2D eigenvalue weighted by Crippen LogP contribution is -2.41. The molecule has 17 heavy (non-hydrogen) atoms. The van der Waals surface area contributed by atoms with E-state index >= 15 is 0 Å². The number of aryl methyl sites for hydroxylation is 1. The minimum atomic E-state index is -0.536. The van der Waals surface area contributed by atoms with E-state index < -0.39 is 6.10 Å². The molecule has 5 heteroatoms. The van der Waals surface area contributed by atoms with Crippen LogP contribution in [0.5, 0.6) is 0 Å². The molecular formula is C12H21N3O2. The quantitative estimate of drug-likeness (QED) is 0.811. The summed E-state index contributed by atoms with van der Waals surface area (Å²) in [5, 5.41) is 16.2. The zero-order chi connectivity index (χ0) is 13.0. The van der Waals surface area contributed by atoms with Crippen LogP contribution in [-0.4, -0.2) is 44.8 Å². The monoisotopic (exact) mass is 239 g/mol. The van der Waals surface area contributed by atoms with Gasteiger partial charge in [-0.25, -0.2) is 0 Å². The number of nitrogens with zero attached hydrogens (tertiary/aromatic N) is 2. The molecule has 2 N–H and O–H groups in total. The highest BCUT2D eigenvalue weighted by molar-refractivity contribution is 5.92. The molecule has 0 aliphatic heterocycles. The van der Waals surface area contributed by atoms with Crippen LogP contribution in [0.4, 0.5) is 0 Å². The van der Waals surface area contributed by atoms with Gasteiger partial charge in [-0.15, -0.1) is 0 Å². The Kier molecular flexibility index (Phi) is 4.69. The van der Waals surface area contributed by atoms with Crippen molar-refractivity contribution in [2.75, 3.05) is 6.54 Å². The van der Waals surface area contributed by atoms with E-state index in [0.717, 1.165) is 12.1 Å². The van der Waals surface area contributed by atoms with Crippen LogP contribution in [-0.2, 0) is 6.42 Å². The average molecular weight is 239 g/mol. The Bertz CT molecular complexity index is 372. The van der Waals surface area contributed by atoms with Crippen molar-refractivity contribution in [3.8, 4) is 0 Å². The van der Waals surface area contributed by atoms with Gasteiger partial charge in [-0.1, -0.05) is 6.92 Å². The lowest BCUT2D eigenvalue weighted by molar-refractivity contribution is 0.0573. The van der Waals surface area contributed by atoms with Gasteiger partial charge in [-0.05, 0) is 33.3 Å². The SMILES string of the molecule is CCc1cc(C(=O)N(CC(C)O)C(C)C)n[nH]1. The first-order valence-corrected chi connectivity index (χ1v) is 5.99. The number of hydrogen-bond acceptors (Lipinski definition) is 3. The number of carbonyl (C=O) groups excluding carboxylic acids is 1. The van der Waals surface area contributed by atoms with E-state index in [4.69, 9.17) is 0 Å². The number of hydrogen-bond donors (Lipinski definition) is 2. The van der Waals surface area contributed by atoms with Crippen LogP contribution in [0, 0.1) is 0 Å². The zero-order valence-electron chi connectivity index (χ0n) is 10.9. The van der Waals surface area contributed by atoms with Crippen LogP contribution < -0.4 is 0 Å². The molecule has 1 aromatic rings. The van der Waals surface area contributed by atoms with Gasteiger partial charge >= 0.3 is 0 Å². The molecule has 0 aromatic carbocycles. The number of aliphatic hydroxyl groups is 1. The molecule has 1 heterocycles. The van der Waals surface area contributed by atoms with Crippen LogP contribution in [0.15, 0.2) is 6.07 Å². The Balaban J connectivity index is 2.83. The van der Waals surface area contributed by atoms with Crippen molar-refractivity contribution in [3.63, 3.8) is 0 Å². The molecule has 0 saturated heterocycles. The number of amides is 1. The van der Waals surface area contributed by atoms with Crippen molar-refractivity contribution in [1.82, 2.24) is 15.1 Å². The first-order chi connectivity index (χ1) is 7.95. The highest BCUT2D eigenvalue weighted by Crippen LogP contribution is 2.09. The maximum absolute atomic E-state index is 12.2. The predicted octanol–water partition coefficient (Wildman–Crippen LogP) is 1.20. The summed E-state index contributed by atoms with van der Waals surface area (Å²) in [6, 6.07) is 1.80. The molecule has 1 unspecified atom stereocenters. The maximum Gasteiger partial charge on any atom is 0.274 e. The summed E-state index contributed by atoms with van der Waals surface area (Å²) in [6.07, 6.45) is 0.282. The molecule has 0 saturated carbocycles. The van der Waals surface area contributed by atoms with Crippen LogP contribution >= 0.6 is 0 Å². The first kappa shape index (κ1) is 13.7. The fourth-order valence-corrected chi connectivity index (χ4v) is 1.61. The molecule has 0 aliphatic carbocycles. The molecular weight excluding hydrogens is 218 g/mol. The zero-order valence-corrected chi connectivity index (χ0v) is 10.9. The van der Waals surface area contributed by atoms with Crippen molar-refractivity contribution < 1.29 is 9.90 Å². The molecule has 1 amide bonds. The van der Waals surface area contributed by atoms with Gasteiger partial charge in [-0.3, -0.25) is 9.89 Å². The number of aliphatic hydroxyl groups excluding tert-OH is 1. The molecule has 0 bridgehead atoms. The minimum absolute atomic E-state index is 0.0406. The van der Waals surface area contributed by atoms with E-state index in [0.29, 0.717) is 12.2 Å². The number of H-pyrrole nitrogens is 1. The number of rotatable bonds is 5. The fourth-order valence-electron chi connectivity index (χ4n) is 1.61. The lowest BCUT2D eigenvalue weighted by atomic mass is 10.2. The van der Waals surface area contributed by atoms with E-state index in [-0.39, 0.29) is 11.9 Å². The van der Waals surface area contributed by atoms with Crippen LogP contribution in [0.2, 0.25) is 0 Å². The van der Waals surface area contributed by atoms with Crippen molar-refractivity contribution >= 4 is 5.91 Å². The van der Waals surface area contributed by atoms with Gasteiger partial charge in [0.1, 0.15) is 5.69 Å². The number of nitrogens with one attached hydrogen (secondary N) is 1. The normalized spacial score (nSPS) is 12.8. The lowest BCUT2D eigenvalue weighted by Gasteiger charge is -2.27. The molecule has 1 rings (SSSR count). The molecule has 96 valence electrons. The van der Waals surface area contributed by atoms with Crippen molar-refractivity contribution in [3.05, 3.63) is 17.5 Å². The van der Waals surface area contributed by atoms with Crippen molar-refractivity contribution in [2.24, 2.45) is 0 Å². The highest BCUT2D eigenvalue weighted by atomic mass is 16.3. The van der Waals surface area contributed by atoms with Gasteiger partial charge in [0.25, 0.3) is 5.91 Å². The summed E-state index contributed by atoms with van der Waals surface area (Å²) in [4.78, 5) is 13.8. The van der Waals surface area contributed by atoms with Crippen LogP contribution in [0.25, 0.3) is 0 Å². The minimum Gasteiger partial charge on any atom is -0.392 e. The molecule has 1 aromatic heterocycles. The third-order valence-electron chi connectivity index (χ3n) is 2.58. The molecule has 0 radical (unpaired) electrons. The Morgan fingerprint density at radius 1 is 1.53 bits per heavy atom. The van der Waals surface area contributed by atoms with Crippen molar-refractivity contribution in [2.45, 2.75) is 46.3 Å². The highest BCUT2D eigenvalue weighted by Gasteiger charge is 2.22. The van der Waals surface area contributed by atoms with Crippen LogP contribution in [0.3, 0.4) is 0 Å². The third kappa shape index (κ3) is 3.56. The topological polar surface area (TPSA) is 69.2 Å². The Morgan fingerprint density at radius 2 is 2.18 bits per heavy atom. The van der Waals surface area contributed by atoms with E-state index in [1.165, 1.54) is 0 Å². The standard InChI is InChI=1S/C12H21N3O2/c1-5-10-6-11(14-13-10)12(17)15(8(2)3)7-9(4)16/h6,8-9,16H,5,7H2,1-4H3,(H,13,14).